The first-order valence-electron chi connectivity index (χ1n) is 6.07. The molecule has 2 rings (SSSR count). The summed E-state index contributed by atoms with van der Waals surface area (Å²) in [6.07, 6.45) is 3.08. The van der Waals surface area contributed by atoms with Crippen LogP contribution in [0.3, 0.4) is 0 Å². The van der Waals surface area contributed by atoms with Gasteiger partial charge in [-0.3, -0.25) is 14.8 Å². The van der Waals surface area contributed by atoms with Gasteiger partial charge in [-0.15, -0.1) is 0 Å². The monoisotopic (exact) mass is 277 g/mol. The summed E-state index contributed by atoms with van der Waals surface area (Å²) in [6.45, 7) is 2.73. The molecule has 2 aromatic heterocycles. The van der Waals surface area contributed by atoms with Gasteiger partial charge in [-0.05, 0) is 13.0 Å². The van der Waals surface area contributed by atoms with Crippen molar-refractivity contribution in [3.8, 4) is 0 Å². The Morgan fingerprint density at radius 2 is 2.05 bits per heavy atom. The Hall–Kier alpha value is -2.71. The van der Waals surface area contributed by atoms with Gasteiger partial charge >= 0.3 is 5.69 Å². The Kier molecular flexibility index (Phi) is 4.08. The highest BCUT2D eigenvalue weighted by molar-refractivity contribution is 5.69. The molecule has 0 radical (unpaired) electrons. The molecule has 9 nitrogen and oxygen atoms in total. The van der Waals surface area contributed by atoms with Crippen LogP contribution in [0.2, 0.25) is 0 Å². The van der Waals surface area contributed by atoms with Gasteiger partial charge < -0.3 is 10.6 Å². The molecule has 0 spiro atoms. The van der Waals surface area contributed by atoms with Crippen LogP contribution in [0.1, 0.15) is 12.6 Å². The molecular weight excluding hydrogens is 262 g/mol. The fourth-order valence-electron chi connectivity index (χ4n) is 1.71. The number of nitrogens with zero attached hydrogens (tertiary/aromatic N) is 5. The van der Waals surface area contributed by atoms with E-state index in [1.54, 1.807) is 17.9 Å². The average Bonchev–Trinajstić information content (AvgIpc) is 2.82. The molecule has 0 unspecified atom stereocenters. The van der Waals surface area contributed by atoms with Crippen molar-refractivity contribution in [1.29, 1.82) is 0 Å². The summed E-state index contributed by atoms with van der Waals surface area (Å²) in [7, 11) is 1.81. The third kappa shape index (κ3) is 2.99. The minimum atomic E-state index is -0.501. The van der Waals surface area contributed by atoms with Crippen LogP contribution in [-0.4, -0.2) is 31.2 Å². The van der Waals surface area contributed by atoms with E-state index in [0.717, 1.165) is 5.69 Å². The second kappa shape index (κ2) is 5.95. The SMILES string of the molecule is CCNc1ncnc(NCc2ccn(C)n2)c1[N+](=O)[O-]. The third-order valence-electron chi connectivity index (χ3n) is 2.55. The minimum absolute atomic E-state index is 0.162. The standard InChI is InChI=1S/C11H15N7O2/c1-3-12-10-9(18(19)20)11(15-7-14-10)13-6-8-4-5-17(2)16-8/h4-5,7H,3,6H2,1-2H3,(H2,12,13,14,15). The van der Waals surface area contributed by atoms with E-state index in [4.69, 9.17) is 0 Å². The van der Waals surface area contributed by atoms with Crippen molar-refractivity contribution in [2.45, 2.75) is 13.5 Å². The van der Waals surface area contributed by atoms with Crippen LogP contribution < -0.4 is 10.6 Å². The summed E-state index contributed by atoms with van der Waals surface area (Å²) in [5, 5.41) is 21.1. The Morgan fingerprint density at radius 1 is 1.35 bits per heavy atom. The highest BCUT2D eigenvalue weighted by atomic mass is 16.6. The van der Waals surface area contributed by atoms with Crippen molar-refractivity contribution in [3.63, 3.8) is 0 Å². The Labute approximate surface area is 115 Å². The number of aromatic nitrogens is 4. The van der Waals surface area contributed by atoms with Gasteiger partial charge in [0.25, 0.3) is 0 Å². The highest BCUT2D eigenvalue weighted by Gasteiger charge is 2.22. The molecule has 0 fully saturated rings. The van der Waals surface area contributed by atoms with Crippen molar-refractivity contribution < 1.29 is 4.92 Å². The Balaban J connectivity index is 2.22. The van der Waals surface area contributed by atoms with Crippen LogP contribution >= 0.6 is 0 Å². The maximum absolute atomic E-state index is 11.2. The predicted octanol–water partition coefficient (Wildman–Crippen LogP) is 1.16. The molecule has 0 aromatic carbocycles. The second-order valence-electron chi connectivity index (χ2n) is 4.04. The molecule has 0 bridgehead atoms. The molecular formula is C11H15N7O2. The van der Waals surface area contributed by atoms with Gasteiger partial charge in [-0.2, -0.15) is 5.10 Å². The molecule has 0 aliphatic carbocycles. The summed E-state index contributed by atoms with van der Waals surface area (Å²) in [6, 6.07) is 1.82. The first-order chi connectivity index (χ1) is 9.61. The molecule has 0 saturated heterocycles. The molecule has 0 aliphatic rings. The first-order valence-corrected chi connectivity index (χ1v) is 6.07. The van der Waals surface area contributed by atoms with Crippen molar-refractivity contribution in [2.75, 3.05) is 17.2 Å². The van der Waals surface area contributed by atoms with E-state index < -0.39 is 4.92 Å². The largest absolute Gasteiger partial charge is 0.364 e. The summed E-state index contributed by atoms with van der Waals surface area (Å²) in [5.74, 6) is 0.377. The minimum Gasteiger partial charge on any atom is -0.364 e. The van der Waals surface area contributed by atoms with Crippen molar-refractivity contribution in [3.05, 3.63) is 34.4 Å². The molecule has 106 valence electrons. The topological polar surface area (TPSA) is 111 Å². The van der Waals surface area contributed by atoms with Gasteiger partial charge in [-0.1, -0.05) is 0 Å². The number of anilines is 2. The van der Waals surface area contributed by atoms with Gasteiger partial charge in [0, 0.05) is 19.8 Å². The number of rotatable bonds is 6. The first kappa shape index (κ1) is 13.7. The zero-order valence-electron chi connectivity index (χ0n) is 11.2. The zero-order chi connectivity index (χ0) is 14.5. The van der Waals surface area contributed by atoms with E-state index in [9.17, 15) is 10.1 Å². The number of nitro groups is 1. The Bertz CT molecular complexity index is 611. The molecule has 20 heavy (non-hydrogen) atoms. The summed E-state index contributed by atoms with van der Waals surface area (Å²) in [5.41, 5.74) is 0.607. The van der Waals surface area contributed by atoms with Gasteiger partial charge in [-0.25, -0.2) is 9.97 Å². The number of nitrogens with one attached hydrogen (secondary N) is 2. The number of aryl methyl sites for hydroxylation is 1. The lowest BCUT2D eigenvalue weighted by molar-refractivity contribution is -0.383. The average molecular weight is 277 g/mol. The maximum Gasteiger partial charge on any atom is 0.353 e. The fourth-order valence-corrected chi connectivity index (χ4v) is 1.71. The Morgan fingerprint density at radius 3 is 2.60 bits per heavy atom. The van der Waals surface area contributed by atoms with Crippen LogP contribution in [-0.2, 0) is 13.6 Å². The lowest BCUT2D eigenvalue weighted by Crippen LogP contribution is -2.10. The lowest BCUT2D eigenvalue weighted by Gasteiger charge is -2.08. The molecule has 2 N–H and O–H groups in total. The van der Waals surface area contributed by atoms with Crippen LogP contribution in [0.15, 0.2) is 18.6 Å². The summed E-state index contributed by atoms with van der Waals surface area (Å²) < 4.78 is 1.66. The van der Waals surface area contributed by atoms with E-state index in [1.165, 1.54) is 6.33 Å². The van der Waals surface area contributed by atoms with Crippen molar-refractivity contribution in [2.24, 2.45) is 7.05 Å². The van der Waals surface area contributed by atoms with E-state index in [2.05, 4.69) is 25.7 Å². The molecule has 0 aliphatic heterocycles. The zero-order valence-corrected chi connectivity index (χ0v) is 11.2. The third-order valence-corrected chi connectivity index (χ3v) is 2.55. The lowest BCUT2D eigenvalue weighted by atomic mass is 10.4. The van der Waals surface area contributed by atoms with Crippen LogP contribution in [0.5, 0.6) is 0 Å². The molecule has 2 heterocycles. The van der Waals surface area contributed by atoms with E-state index in [1.807, 2.05) is 13.0 Å². The van der Waals surface area contributed by atoms with Gasteiger partial charge in [0.1, 0.15) is 6.33 Å². The summed E-state index contributed by atoms with van der Waals surface area (Å²) >= 11 is 0. The van der Waals surface area contributed by atoms with Crippen molar-refractivity contribution in [1.82, 2.24) is 19.7 Å². The van der Waals surface area contributed by atoms with Gasteiger partial charge in [0.2, 0.25) is 11.6 Å². The van der Waals surface area contributed by atoms with E-state index in [0.29, 0.717) is 13.1 Å². The fraction of sp³-hybridized carbons (Fsp3) is 0.364. The van der Waals surface area contributed by atoms with Crippen molar-refractivity contribution >= 4 is 17.3 Å². The molecule has 0 atom stereocenters. The molecule has 0 amide bonds. The molecule has 2 aromatic rings. The van der Waals surface area contributed by atoms with Crippen LogP contribution in [0.25, 0.3) is 0 Å². The van der Waals surface area contributed by atoms with Crippen LogP contribution in [0, 0.1) is 10.1 Å². The molecule has 9 heteroatoms. The normalized spacial score (nSPS) is 10.3. The summed E-state index contributed by atoms with van der Waals surface area (Å²) in [4.78, 5) is 18.5. The van der Waals surface area contributed by atoms with Gasteiger partial charge in [0.05, 0.1) is 17.2 Å². The molecule has 0 saturated carbocycles. The quantitative estimate of drug-likeness (QED) is 0.602. The second-order valence-corrected chi connectivity index (χ2v) is 4.04. The van der Waals surface area contributed by atoms with E-state index in [-0.39, 0.29) is 17.3 Å². The maximum atomic E-state index is 11.2. The van der Waals surface area contributed by atoms with E-state index >= 15 is 0 Å². The predicted molar refractivity (Wildman–Crippen MR) is 73.4 cm³/mol. The number of hydrogen-bond acceptors (Lipinski definition) is 7. The number of hydrogen-bond donors (Lipinski definition) is 2. The smallest absolute Gasteiger partial charge is 0.353 e. The van der Waals surface area contributed by atoms with Crippen LogP contribution in [0.4, 0.5) is 17.3 Å². The van der Waals surface area contributed by atoms with Gasteiger partial charge in [0.15, 0.2) is 0 Å². The highest BCUT2D eigenvalue weighted by Crippen LogP contribution is 2.28.